The Morgan fingerprint density at radius 3 is 2.42 bits per heavy atom. The largest absolute Gasteiger partial charge is 0.366 e. The summed E-state index contributed by atoms with van der Waals surface area (Å²) in [5, 5.41) is 5.90. The van der Waals surface area contributed by atoms with Crippen LogP contribution >= 0.6 is 0 Å². The third-order valence-corrected chi connectivity index (χ3v) is 3.35. The van der Waals surface area contributed by atoms with Gasteiger partial charge in [-0.3, -0.25) is 9.78 Å². The van der Waals surface area contributed by atoms with Gasteiger partial charge in [0.1, 0.15) is 11.6 Å². The summed E-state index contributed by atoms with van der Waals surface area (Å²) in [5.41, 5.74) is 2.05. The predicted octanol–water partition coefficient (Wildman–Crippen LogP) is 3.48. The van der Waals surface area contributed by atoms with Gasteiger partial charge in [0.15, 0.2) is 0 Å². The second-order valence-electron chi connectivity index (χ2n) is 5.10. The maximum atomic E-state index is 12.9. The summed E-state index contributed by atoms with van der Waals surface area (Å²) in [7, 11) is 0. The summed E-state index contributed by atoms with van der Waals surface area (Å²) in [5.74, 6) is 0.0127. The first-order valence-electron chi connectivity index (χ1n) is 7.36. The second-order valence-corrected chi connectivity index (χ2v) is 5.10. The molecule has 0 saturated carbocycles. The van der Waals surface area contributed by atoms with Crippen LogP contribution in [0.2, 0.25) is 0 Å². The molecule has 0 spiro atoms. The lowest BCUT2D eigenvalue weighted by Gasteiger charge is -2.08. The first-order chi connectivity index (χ1) is 11.7. The molecule has 1 amide bonds. The summed E-state index contributed by atoms with van der Waals surface area (Å²) in [6.45, 7) is 0.636. The van der Waals surface area contributed by atoms with E-state index in [1.165, 1.54) is 24.3 Å². The number of amides is 1. The number of anilines is 2. The molecule has 0 bridgehead atoms. The van der Waals surface area contributed by atoms with Crippen LogP contribution < -0.4 is 10.6 Å². The van der Waals surface area contributed by atoms with Crippen molar-refractivity contribution in [3.05, 3.63) is 84.1 Å². The molecule has 3 aromatic rings. The third kappa shape index (κ3) is 4.13. The Bertz CT molecular complexity index is 805. The maximum Gasteiger partial charge on any atom is 0.255 e. The van der Waals surface area contributed by atoms with Gasteiger partial charge < -0.3 is 10.6 Å². The minimum Gasteiger partial charge on any atom is -0.366 e. The number of benzene rings is 1. The van der Waals surface area contributed by atoms with E-state index < -0.39 is 0 Å². The average molecular weight is 322 g/mol. The minimum absolute atomic E-state index is 0.311. The van der Waals surface area contributed by atoms with Gasteiger partial charge in [0.05, 0.1) is 11.9 Å². The number of halogens is 1. The lowest BCUT2D eigenvalue weighted by Crippen LogP contribution is -2.12. The van der Waals surface area contributed by atoms with Gasteiger partial charge in [-0.05, 0) is 54.1 Å². The molecular weight excluding hydrogens is 307 g/mol. The molecule has 2 heterocycles. The molecule has 2 aromatic heterocycles. The van der Waals surface area contributed by atoms with Crippen LogP contribution in [0.25, 0.3) is 0 Å². The fraction of sp³-hybridized carbons (Fsp3) is 0.0556. The molecule has 5 nitrogen and oxygen atoms in total. The molecule has 0 atom stereocenters. The molecule has 120 valence electrons. The van der Waals surface area contributed by atoms with Crippen molar-refractivity contribution in [1.82, 2.24) is 9.97 Å². The number of hydrogen-bond acceptors (Lipinski definition) is 4. The van der Waals surface area contributed by atoms with Crippen molar-refractivity contribution in [2.24, 2.45) is 0 Å². The van der Waals surface area contributed by atoms with Crippen LogP contribution in [-0.2, 0) is 6.54 Å². The van der Waals surface area contributed by atoms with Crippen molar-refractivity contribution in [2.75, 3.05) is 10.6 Å². The van der Waals surface area contributed by atoms with Gasteiger partial charge >= 0.3 is 0 Å². The van der Waals surface area contributed by atoms with Crippen LogP contribution in [0.4, 0.5) is 15.9 Å². The van der Waals surface area contributed by atoms with E-state index >= 15 is 0 Å². The molecule has 0 saturated heterocycles. The zero-order valence-corrected chi connectivity index (χ0v) is 12.7. The number of aromatic nitrogens is 2. The van der Waals surface area contributed by atoms with E-state index in [0.717, 1.165) is 5.56 Å². The Hall–Kier alpha value is -3.28. The Morgan fingerprint density at radius 1 is 1.00 bits per heavy atom. The van der Waals surface area contributed by atoms with Gasteiger partial charge in [0, 0.05) is 24.5 Å². The van der Waals surface area contributed by atoms with E-state index in [1.807, 2.05) is 12.1 Å². The summed E-state index contributed by atoms with van der Waals surface area (Å²) >= 11 is 0. The van der Waals surface area contributed by atoms with Crippen molar-refractivity contribution in [3.63, 3.8) is 0 Å². The molecule has 0 radical (unpaired) electrons. The fourth-order valence-corrected chi connectivity index (χ4v) is 2.07. The monoisotopic (exact) mass is 322 g/mol. The Labute approximate surface area is 138 Å². The molecule has 1 aromatic carbocycles. The third-order valence-electron chi connectivity index (χ3n) is 3.35. The summed E-state index contributed by atoms with van der Waals surface area (Å²) in [6.07, 6.45) is 5.04. The molecule has 0 aliphatic rings. The Kier molecular flexibility index (Phi) is 4.76. The predicted molar refractivity (Wildman–Crippen MR) is 90.2 cm³/mol. The van der Waals surface area contributed by atoms with Crippen molar-refractivity contribution in [2.45, 2.75) is 6.54 Å². The standard InChI is InChI=1S/C18H15FN4O/c19-15-3-1-14(2-4-15)18(24)23-16-5-6-17(22-12-16)21-11-13-7-9-20-10-8-13/h1-10,12H,11H2,(H,21,22)(H,23,24). The highest BCUT2D eigenvalue weighted by atomic mass is 19.1. The van der Waals surface area contributed by atoms with Gasteiger partial charge in [-0.1, -0.05) is 0 Å². The number of rotatable bonds is 5. The van der Waals surface area contributed by atoms with Crippen LogP contribution in [0.3, 0.4) is 0 Å². The molecule has 0 aliphatic heterocycles. The van der Waals surface area contributed by atoms with Crippen molar-refractivity contribution in [1.29, 1.82) is 0 Å². The van der Waals surface area contributed by atoms with E-state index in [0.29, 0.717) is 23.6 Å². The number of pyridine rings is 2. The topological polar surface area (TPSA) is 66.9 Å². The SMILES string of the molecule is O=C(Nc1ccc(NCc2ccncc2)nc1)c1ccc(F)cc1. The first-order valence-corrected chi connectivity index (χ1v) is 7.36. The molecule has 24 heavy (non-hydrogen) atoms. The number of carbonyl (C=O) groups is 1. The van der Waals surface area contributed by atoms with Gasteiger partial charge in [-0.25, -0.2) is 9.37 Å². The molecule has 0 unspecified atom stereocenters. The van der Waals surface area contributed by atoms with Crippen LogP contribution in [0.1, 0.15) is 15.9 Å². The highest BCUT2D eigenvalue weighted by molar-refractivity contribution is 6.04. The summed E-state index contributed by atoms with van der Waals surface area (Å²) < 4.78 is 12.9. The van der Waals surface area contributed by atoms with Crippen molar-refractivity contribution < 1.29 is 9.18 Å². The number of carbonyl (C=O) groups excluding carboxylic acids is 1. The minimum atomic E-state index is -0.377. The molecule has 2 N–H and O–H groups in total. The van der Waals surface area contributed by atoms with E-state index in [2.05, 4.69) is 20.6 Å². The van der Waals surface area contributed by atoms with Crippen LogP contribution in [-0.4, -0.2) is 15.9 Å². The van der Waals surface area contributed by atoms with Crippen molar-refractivity contribution in [3.8, 4) is 0 Å². The van der Waals surface area contributed by atoms with Crippen LogP contribution in [0.5, 0.6) is 0 Å². The highest BCUT2D eigenvalue weighted by Crippen LogP contribution is 2.12. The van der Waals surface area contributed by atoms with Gasteiger partial charge in [0.25, 0.3) is 5.91 Å². The molecule has 0 fully saturated rings. The molecular formula is C18H15FN4O. The lowest BCUT2D eigenvalue weighted by atomic mass is 10.2. The fourth-order valence-electron chi connectivity index (χ4n) is 2.07. The lowest BCUT2D eigenvalue weighted by molar-refractivity contribution is 0.102. The second kappa shape index (κ2) is 7.32. The number of nitrogens with zero attached hydrogens (tertiary/aromatic N) is 2. The normalized spacial score (nSPS) is 10.2. The average Bonchev–Trinajstić information content (AvgIpc) is 2.62. The van der Waals surface area contributed by atoms with Crippen LogP contribution in [0, 0.1) is 5.82 Å². The Morgan fingerprint density at radius 2 is 1.75 bits per heavy atom. The molecule has 0 aliphatic carbocycles. The maximum absolute atomic E-state index is 12.9. The smallest absolute Gasteiger partial charge is 0.255 e. The zero-order chi connectivity index (χ0) is 16.8. The highest BCUT2D eigenvalue weighted by Gasteiger charge is 2.06. The molecule has 6 heteroatoms. The Balaban J connectivity index is 1.58. The summed E-state index contributed by atoms with van der Waals surface area (Å²) in [6, 6.07) is 12.7. The van der Waals surface area contributed by atoms with E-state index in [9.17, 15) is 9.18 Å². The number of hydrogen-bond donors (Lipinski definition) is 2. The number of nitrogens with one attached hydrogen (secondary N) is 2. The van der Waals surface area contributed by atoms with Crippen LogP contribution in [0.15, 0.2) is 67.1 Å². The zero-order valence-electron chi connectivity index (χ0n) is 12.7. The van der Waals surface area contributed by atoms with Crippen molar-refractivity contribution >= 4 is 17.4 Å². The van der Waals surface area contributed by atoms with Gasteiger partial charge in [-0.15, -0.1) is 0 Å². The van der Waals surface area contributed by atoms with E-state index in [-0.39, 0.29) is 11.7 Å². The summed E-state index contributed by atoms with van der Waals surface area (Å²) in [4.78, 5) is 20.3. The van der Waals surface area contributed by atoms with E-state index in [1.54, 1.807) is 30.7 Å². The molecule has 3 rings (SSSR count). The van der Waals surface area contributed by atoms with E-state index in [4.69, 9.17) is 0 Å². The quantitative estimate of drug-likeness (QED) is 0.755. The first kappa shape index (κ1) is 15.6. The van der Waals surface area contributed by atoms with Gasteiger partial charge in [-0.2, -0.15) is 0 Å². The van der Waals surface area contributed by atoms with Gasteiger partial charge in [0.2, 0.25) is 0 Å².